The molecule has 0 saturated carbocycles. The zero-order valence-corrected chi connectivity index (χ0v) is 18.7. The summed E-state index contributed by atoms with van der Waals surface area (Å²) in [6, 6.07) is 7.62. The molecule has 1 saturated heterocycles. The van der Waals surface area contributed by atoms with E-state index in [1.54, 1.807) is 0 Å². The number of morpholine rings is 1. The lowest BCUT2D eigenvalue weighted by Gasteiger charge is -2.26. The van der Waals surface area contributed by atoms with Crippen LogP contribution in [0.1, 0.15) is 10.4 Å². The summed E-state index contributed by atoms with van der Waals surface area (Å²) in [5.74, 6) is -3.03. The average Bonchev–Trinajstić information content (AvgIpc) is 2.78. The molecule has 1 aliphatic rings. The highest BCUT2D eigenvalue weighted by Crippen LogP contribution is 2.21. The number of rotatable bonds is 7. The molecule has 0 spiro atoms. The van der Waals surface area contributed by atoms with Crippen LogP contribution in [0.4, 0.5) is 10.1 Å². The number of nitrogens with zero attached hydrogens (tertiary/aromatic N) is 1. The van der Waals surface area contributed by atoms with Crippen molar-refractivity contribution in [1.82, 2.24) is 4.31 Å². The van der Waals surface area contributed by atoms with Gasteiger partial charge in [-0.25, -0.2) is 31.2 Å². The summed E-state index contributed by atoms with van der Waals surface area (Å²) in [5.41, 5.74) is -0.442. The van der Waals surface area contributed by atoms with Crippen molar-refractivity contribution in [3.05, 3.63) is 53.8 Å². The number of hydrogen-bond acceptors (Lipinski definition) is 8. The Hall–Kier alpha value is -2.91. The summed E-state index contributed by atoms with van der Waals surface area (Å²) in [6.45, 7) is -0.115. The summed E-state index contributed by atoms with van der Waals surface area (Å²) in [5, 5.41) is 7.35. The number of nitrogens with one attached hydrogen (secondary N) is 1. The van der Waals surface area contributed by atoms with Crippen LogP contribution in [0.25, 0.3) is 0 Å². The van der Waals surface area contributed by atoms with Crippen LogP contribution in [0.5, 0.6) is 0 Å². The van der Waals surface area contributed by atoms with E-state index < -0.39 is 49.9 Å². The molecule has 1 heterocycles. The Morgan fingerprint density at radius 3 is 2.24 bits per heavy atom. The summed E-state index contributed by atoms with van der Waals surface area (Å²) >= 11 is 0. The molecule has 3 N–H and O–H groups in total. The Bertz CT molecular complexity index is 1260. The van der Waals surface area contributed by atoms with Crippen LogP contribution < -0.4 is 10.5 Å². The molecule has 0 radical (unpaired) electrons. The largest absolute Gasteiger partial charge is 0.452 e. The van der Waals surface area contributed by atoms with Gasteiger partial charge in [-0.1, -0.05) is 0 Å². The third-order valence-corrected chi connectivity index (χ3v) is 7.39. The molecule has 0 atom stereocenters. The van der Waals surface area contributed by atoms with Gasteiger partial charge in [-0.15, -0.1) is 0 Å². The maximum absolute atomic E-state index is 14.2. The Morgan fingerprint density at radius 2 is 1.64 bits per heavy atom. The van der Waals surface area contributed by atoms with E-state index in [1.165, 1.54) is 24.3 Å². The van der Waals surface area contributed by atoms with Crippen molar-refractivity contribution in [2.75, 3.05) is 38.2 Å². The molecule has 0 bridgehead atoms. The first kappa shape index (κ1) is 24.7. The van der Waals surface area contributed by atoms with Crippen molar-refractivity contribution < 1.29 is 40.3 Å². The quantitative estimate of drug-likeness (QED) is 0.512. The molecule has 3 rings (SSSR count). The van der Waals surface area contributed by atoms with E-state index in [0.29, 0.717) is 0 Å². The highest BCUT2D eigenvalue weighted by molar-refractivity contribution is 7.89. The van der Waals surface area contributed by atoms with Crippen LogP contribution in [0.3, 0.4) is 0 Å². The lowest BCUT2D eigenvalue weighted by molar-refractivity contribution is -0.119. The van der Waals surface area contributed by atoms with Gasteiger partial charge in [0.2, 0.25) is 20.0 Å². The minimum absolute atomic E-state index is 0.123. The molecule has 14 heteroatoms. The summed E-state index contributed by atoms with van der Waals surface area (Å²) < 4.78 is 73.2. The van der Waals surface area contributed by atoms with Gasteiger partial charge in [0, 0.05) is 18.8 Å². The molecule has 2 aromatic rings. The van der Waals surface area contributed by atoms with Gasteiger partial charge >= 0.3 is 5.97 Å². The van der Waals surface area contributed by atoms with Gasteiger partial charge in [0.1, 0.15) is 5.82 Å². The second-order valence-electron chi connectivity index (χ2n) is 6.85. The first-order valence-electron chi connectivity index (χ1n) is 9.46. The van der Waals surface area contributed by atoms with Gasteiger partial charge in [0.25, 0.3) is 5.91 Å². The first-order valence-corrected chi connectivity index (χ1v) is 12.4. The molecule has 0 aliphatic carbocycles. The molecule has 11 nitrogen and oxygen atoms in total. The van der Waals surface area contributed by atoms with Crippen molar-refractivity contribution >= 4 is 37.6 Å². The molecule has 0 aromatic heterocycles. The molecule has 178 valence electrons. The SMILES string of the molecule is NS(=O)(=O)c1ccc(NC(=O)COC(=O)c2cc(S(=O)(=O)N3CCOCC3)ccc2F)cc1. The number of ether oxygens (including phenoxy) is 2. The fourth-order valence-electron chi connectivity index (χ4n) is 2.89. The fourth-order valence-corrected chi connectivity index (χ4v) is 4.84. The minimum Gasteiger partial charge on any atom is -0.452 e. The fraction of sp³-hybridized carbons (Fsp3) is 0.263. The lowest BCUT2D eigenvalue weighted by Crippen LogP contribution is -2.40. The second-order valence-corrected chi connectivity index (χ2v) is 10.4. The van der Waals surface area contributed by atoms with E-state index in [-0.39, 0.29) is 41.8 Å². The van der Waals surface area contributed by atoms with Crippen LogP contribution in [-0.4, -0.2) is 65.9 Å². The molecule has 0 unspecified atom stereocenters. The maximum atomic E-state index is 14.2. The normalized spacial score (nSPS) is 15.1. The van der Waals surface area contributed by atoms with E-state index in [2.05, 4.69) is 5.32 Å². The van der Waals surface area contributed by atoms with Gasteiger partial charge < -0.3 is 14.8 Å². The number of hydrogen-bond donors (Lipinski definition) is 2. The van der Waals surface area contributed by atoms with Gasteiger partial charge in [-0.05, 0) is 42.5 Å². The number of esters is 1. The zero-order valence-electron chi connectivity index (χ0n) is 17.1. The first-order chi connectivity index (χ1) is 15.5. The number of halogens is 1. The molecule has 1 fully saturated rings. The van der Waals surface area contributed by atoms with Gasteiger partial charge in [-0.2, -0.15) is 4.31 Å². The van der Waals surface area contributed by atoms with E-state index in [4.69, 9.17) is 14.6 Å². The zero-order chi connectivity index (χ0) is 24.2. The molecular formula is C19H20FN3O8S2. The maximum Gasteiger partial charge on any atom is 0.341 e. The summed E-state index contributed by atoms with van der Waals surface area (Å²) in [6.07, 6.45) is 0. The number of benzene rings is 2. The van der Waals surface area contributed by atoms with Crippen LogP contribution in [-0.2, 0) is 34.3 Å². The topological polar surface area (TPSA) is 162 Å². The standard InChI is InChI=1S/C19H20FN3O8S2/c20-17-6-5-15(33(28,29)23-7-9-30-10-8-23)11-16(17)19(25)31-12-18(24)22-13-1-3-14(4-2-13)32(21,26)27/h1-6,11H,7-10,12H2,(H,22,24)(H2,21,26,27). The molecular weight excluding hydrogens is 481 g/mol. The van der Waals surface area contributed by atoms with Gasteiger partial charge in [0.05, 0.1) is 28.6 Å². The Kier molecular flexibility index (Phi) is 7.44. The van der Waals surface area contributed by atoms with Crippen LogP contribution >= 0.6 is 0 Å². The van der Waals surface area contributed by atoms with Gasteiger partial charge in [-0.3, -0.25) is 4.79 Å². The predicted molar refractivity (Wildman–Crippen MR) is 113 cm³/mol. The molecule has 1 aliphatic heterocycles. The molecule has 33 heavy (non-hydrogen) atoms. The summed E-state index contributed by atoms with van der Waals surface area (Å²) in [7, 11) is -7.87. The van der Waals surface area contributed by atoms with Crippen molar-refractivity contribution in [3.63, 3.8) is 0 Å². The Labute approximate surface area is 189 Å². The van der Waals surface area contributed by atoms with E-state index in [9.17, 15) is 30.8 Å². The van der Waals surface area contributed by atoms with Crippen molar-refractivity contribution in [3.8, 4) is 0 Å². The second kappa shape index (κ2) is 9.93. The van der Waals surface area contributed by atoms with E-state index in [1.807, 2.05) is 0 Å². The average molecular weight is 502 g/mol. The van der Waals surface area contributed by atoms with Crippen molar-refractivity contribution in [1.29, 1.82) is 0 Å². The van der Waals surface area contributed by atoms with Crippen LogP contribution in [0.15, 0.2) is 52.3 Å². The van der Waals surface area contributed by atoms with Crippen LogP contribution in [0.2, 0.25) is 0 Å². The summed E-state index contributed by atoms with van der Waals surface area (Å²) in [4.78, 5) is 23.8. The number of carbonyl (C=O) groups is 2. The monoisotopic (exact) mass is 501 g/mol. The number of carbonyl (C=O) groups excluding carboxylic acids is 2. The minimum atomic E-state index is -3.97. The lowest BCUT2D eigenvalue weighted by atomic mass is 10.2. The number of anilines is 1. The third-order valence-electron chi connectivity index (χ3n) is 4.57. The number of amides is 1. The van der Waals surface area contributed by atoms with E-state index in [0.717, 1.165) is 22.5 Å². The number of nitrogens with two attached hydrogens (primary N) is 1. The van der Waals surface area contributed by atoms with Crippen LogP contribution in [0, 0.1) is 5.82 Å². The van der Waals surface area contributed by atoms with Crippen molar-refractivity contribution in [2.24, 2.45) is 5.14 Å². The predicted octanol–water partition coefficient (Wildman–Crippen LogP) is 0.290. The highest BCUT2D eigenvalue weighted by Gasteiger charge is 2.28. The highest BCUT2D eigenvalue weighted by atomic mass is 32.2. The third kappa shape index (κ3) is 6.11. The Morgan fingerprint density at radius 1 is 1.03 bits per heavy atom. The smallest absolute Gasteiger partial charge is 0.341 e. The Balaban J connectivity index is 1.65. The number of primary sulfonamides is 1. The van der Waals surface area contributed by atoms with Gasteiger partial charge in [0.15, 0.2) is 6.61 Å². The van der Waals surface area contributed by atoms with Crippen molar-refractivity contribution in [2.45, 2.75) is 9.79 Å². The molecule has 2 aromatic carbocycles. The number of sulfonamides is 2. The van der Waals surface area contributed by atoms with E-state index >= 15 is 0 Å². The molecule has 1 amide bonds.